The summed E-state index contributed by atoms with van der Waals surface area (Å²) < 4.78 is 5.41. The SMILES string of the molecule is CCNC(=NCc1ccc(CN2CCCCC2)cc1)NCCCN1CCOCC1. The normalized spacial score (nSPS) is 19.3. The number of ether oxygens (including phenoxy) is 1. The van der Waals surface area contributed by atoms with Crippen molar-refractivity contribution in [2.75, 3.05) is 59.0 Å². The van der Waals surface area contributed by atoms with Crippen molar-refractivity contribution in [3.63, 3.8) is 0 Å². The van der Waals surface area contributed by atoms with Crippen molar-refractivity contribution < 1.29 is 4.74 Å². The van der Waals surface area contributed by atoms with Crippen molar-refractivity contribution in [2.24, 2.45) is 4.99 Å². The first-order valence-electron chi connectivity index (χ1n) is 11.5. The first-order valence-corrected chi connectivity index (χ1v) is 11.5. The van der Waals surface area contributed by atoms with Crippen molar-refractivity contribution in [3.05, 3.63) is 35.4 Å². The van der Waals surface area contributed by atoms with Crippen molar-refractivity contribution in [3.8, 4) is 0 Å². The van der Waals surface area contributed by atoms with Gasteiger partial charge in [-0.05, 0) is 56.9 Å². The van der Waals surface area contributed by atoms with E-state index in [0.717, 1.165) is 64.9 Å². The van der Waals surface area contributed by atoms with Crippen LogP contribution in [0.25, 0.3) is 0 Å². The molecule has 162 valence electrons. The highest BCUT2D eigenvalue weighted by Gasteiger charge is 2.11. The monoisotopic (exact) mass is 401 g/mol. The molecule has 0 spiro atoms. The van der Waals surface area contributed by atoms with Gasteiger partial charge in [-0.3, -0.25) is 9.80 Å². The van der Waals surface area contributed by atoms with Crippen LogP contribution in [0.2, 0.25) is 0 Å². The van der Waals surface area contributed by atoms with E-state index >= 15 is 0 Å². The van der Waals surface area contributed by atoms with Gasteiger partial charge in [-0.2, -0.15) is 0 Å². The van der Waals surface area contributed by atoms with Crippen LogP contribution in [0.4, 0.5) is 0 Å². The Bertz CT molecular complexity index is 592. The molecule has 29 heavy (non-hydrogen) atoms. The molecule has 1 aromatic rings. The number of benzene rings is 1. The molecule has 0 radical (unpaired) electrons. The lowest BCUT2D eigenvalue weighted by Crippen LogP contribution is -2.40. The Morgan fingerprint density at radius 2 is 1.66 bits per heavy atom. The van der Waals surface area contributed by atoms with E-state index in [0.29, 0.717) is 6.54 Å². The third-order valence-corrected chi connectivity index (χ3v) is 5.69. The lowest BCUT2D eigenvalue weighted by Gasteiger charge is -2.26. The number of nitrogens with one attached hydrogen (secondary N) is 2. The Balaban J connectivity index is 1.40. The van der Waals surface area contributed by atoms with E-state index in [-0.39, 0.29) is 0 Å². The van der Waals surface area contributed by atoms with Crippen LogP contribution in [0.15, 0.2) is 29.3 Å². The van der Waals surface area contributed by atoms with Gasteiger partial charge in [0.15, 0.2) is 5.96 Å². The molecule has 2 saturated heterocycles. The largest absolute Gasteiger partial charge is 0.379 e. The Labute approximate surface area is 176 Å². The van der Waals surface area contributed by atoms with Crippen LogP contribution < -0.4 is 10.6 Å². The van der Waals surface area contributed by atoms with Crippen LogP contribution in [-0.4, -0.2) is 74.8 Å². The van der Waals surface area contributed by atoms with E-state index in [2.05, 4.69) is 51.6 Å². The second-order valence-electron chi connectivity index (χ2n) is 8.08. The number of rotatable bonds is 9. The topological polar surface area (TPSA) is 52.1 Å². The number of morpholine rings is 1. The molecule has 6 nitrogen and oxygen atoms in total. The molecule has 2 aliphatic heterocycles. The zero-order valence-corrected chi connectivity index (χ0v) is 18.2. The van der Waals surface area contributed by atoms with Crippen molar-refractivity contribution in [1.29, 1.82) is 0 Å². The van der Waals surface area contributed by atoms with Crippen molar-refractivity contribution >= 4 is 5.96 Å². The summed E-state index contributed by atoms with van der Waals surface area (Å²) in [5.74, 6) is 0.909. The zero-order chi connectivity index (χ0) is 20.2. The highest BCUT2D eigenvalue weighted by molar-refractivity contribution is 5.79. The van der Waals surface area contributed by atoms with Crippen LogP contribution in [0, 0.1) is 0 Å². The Kier molecular flexibility index (Phi) is 9.76. The maximum Gasteiger partial charge on any atom is 0.191 e. The minimum atomic E-state index is 0.711. The Morgan fingerprint density at radius 1 is 0.931 bits per heavy atom. The van der Waals surface area contributed by atoms with Gasteiger partial charge in [-0.25, -0.2) is 4.99 Å². The minimum absolute atomic E-state index is 0.711. The van der Waals surface area contributed by atoms with E-state index in [1.165, 1.54) is 43.5 Å². The van der Waals surface area contributed by atoms with Crippen molar-refractivity contribution in [1.82, 2.24) is 20.4 Å². The van der Waals surface area contributed by atoms with Crippen LogP contribution in [-0.2, 0) is 17.8 Å². The van der Waals surface area contributed by atoms with Gasteiger partial charge >= 0.3 is 0 Å². The lowest BCUT2D eigenvalue weighted by molar-refractivity contribution is 0.0376. The molecule has 0 saturated carbocycles. The molecule has 1 aromatic carbocycles. The summed E-state index contributed by atoms with van der Waals surface area (Å²) >= 11 is 0. The second-order valence-corrected chi connectivity index (χ2v) is 8.08. The average molecular weight is 402 g/mol. The van der Waals surface area contributed by atoms with Gasteiger partial charge in [0.1, 0.15) is 0 Å². The highest BCUT2D eigenvalue weighted by Crippen LogP contribution is 2.14. The number of likely N-dealkylation sites (tertiary alicyclic amines) is 1. The number of hydrogen-bond acceptors (Lipinski definition) is 4. The second kappa shape index (κ2) is 12.8. The predicted octanol–water partition coefficient (Wildman–Crippen LogP) is 2.45. The van der Waals surface area contributed by atoms with Gasteiger partial charge < -0.3 is 15.4 Å². The molecular weight excluding hydrogens is 362 g/mol. The molecule has 0 amide bonds. The van der Waals surface area contributed by atoms with Gasteiger partial charge in [0.2, 0.25) is 0 Å². The number of piperidine rings is 1. The first-order chi connectivity index (χ1) is 14.3. The number of hydrogen-bond donors (Lipinski definition) is 2. The minimum Gasteiger partial charge on any atom is -0.379 e. The van der Waals surface area contributed by atoms with Crippen LogP contribution >= 0.6 is 0 Å². The average Bonchev–Trinajstić information content (AvgIpc) is 2.77. The Hall–Kier alpha value is -1.63. The summed E-state index contributed by atoms with van der Waals surface area (Å²) in [5.41, 5.74) is 2.67. The third kappa shape index (κ3) is 8.33. The molecule has 3 rings (SSSR count). The molecule has 6 heteroatoms. The molecule has 0 unspecified atom stereocenters. The lowest BCUT2D eigenvalue weighted by atomic mass is 10.1. The molecule has 0 bridgehead atoms. The maximum atomic E-state index is 5.41. The summed E-state index contributed by atoms with van der Waals surface area (Å²) in [7, 11) is 0. The van der Waals surface area contributed by atoms with Gasteiger partial charge in [-0.1, -0.05) is 30.7 Å². The molecule has 2 heterocycles. The summed E-state index contributed by atoms with van der Waals surface area (Å²) in [4.78, 5) is 9.81. The predicted molar refractivity (Wildman–Crippen MR) is 120 cm³/mol. The van der Waals surface area contributed by atoms with Gasteiger partial charge in [0.25, 0.3) is 0 Å². The van der Waals surface area contributed by atoms with E-state index in [1.807, 2.05) is 0 Å². The molecule has 2 fully saturated rings. The standard InChI is InChI=1S/C23H39N5O/c1-2-24-23(25-11-6-14-27-15-17-29-18-16-27)26-19-21-7-9-22(10-8-21)20-28-12-4-3-5-13-28/h7-10H,2-6,11-20H2,1H3,(H2,24,25,26). The van der Waals surface area contributed by atoms with Gasteiger partial charge in [0, 0.05) is 32.7 Å². The summed E-state index contributed by atoms with van der Waals surface area (Å²) in [6.07, 6.45) is 5.21. The van der Waals surface area contributed by atoms with Gasteiger partial charge in [-0.15, -0.1) is 0 Å². The first kappa shape index (κ1) is 22.1. The molecular formula is C23H39N5O. The number of aliphatic imine (C=N–C) groups is 1. The molecule has 0 aliphatic carbocycles. The molecule has 0 atom stereocenters. The fourth-order valence-corrected chi connectivity index (χ4v) is 3.97. The quantitative estimate of drug-likeness (QED) is 0.378. The summed E-state index contributed by atoms with van der Waals surface area (Å²) in [6, 6.07) is 8.99. The molecule has 0 aromatic heterocycles. The summed E-state index contributed by atoms with van der Waals surface area (Å²) in [6.45, 7) is 13.2. The third-order valence-electron chi connectivity index (χ3n) is 5.69. The molecule has 2 aliphatic rings. The fraction of sp³-hybridized carbons (Fsp3) is 0.696. The zero-order valence-electron chi connectivity index (χ0n) is 18.2. The van der Waals surface area contributed by atoms with Crippen LogP contribution in [0.3, 0.4) is 0 Å². The molecule has 2 N–H and O–H groups in total. The van der Waals surface area contributed by atoms with E-state index in [1.54, 1.807) is 0 Å². The van der Waals surface area contributed by atoms with E-state index in [9.17, 15) is 0 Å². The number of nitrogens with zero attached hydrogens (tertiary/aromatic N) is 3. The van der Waals surface area contributed by atoms with E-state index < -0.39 is 0 Å². The highest BCUT2D eigenvalue weighted by atomic mass is 16.5. The van der Waals surface area contributed by atoms with E-state index in [4.69, 9.17) is 9.73 Å². The van der Waals surface area contributed by atoms with Gasteiger partial charge in [0.05, 0.1) is 19.8 Å². The van der Waals surface area contributed by atoms with Crippen LogP contribution in [0.5, 0.6) is 0 Å². The maximum absolute atomic E-state index is 5.41. The fourth-order valence-electron chi connectivity index (χ4n) is 3.97. The smallest absolute Gasteiger partial charge is 0.191 e. The number of guanidine groups is 1. The Morgan fingerprint density at radius 3 is 2.38 bits per heavy atom. The summed E-state index contributed by atoms with van der Waals surface area (Å²) in [5, 5.41) is 6.83. The van der Waals surface area contributed by atoms with Crippen molar-refractivity contribution in [2.45, 2.75) is 45.7 Å². The van der Waals surface area contributed by atoms with Crippen LogP contribution in [0.1, 0.15) is 43.7 Å².